The van der Waals surface area contributed by atoms with Crippen molar-refractivity contribution in [3.8, 4) is 17.3 Å². The Bertz CT molecular complexity index is 1380. The Morgan fingerprint density at radius 2 is 2.06 bits per heavy atom. The molecule has 1 aliphatic rings. The maximum Gasteiger partial charge on any atom is 0.254 e. The van der Waals surface area contributed by atoms with Crippen LogP contribution in [0.2, 0.25) is 0 Å². The Balaban J connectivity index is 1.64. The number of carbonyl (C=O) groups is 1. The van der Waals surface area contributed by atoms with Gasteiger partial charge in [-0.05, 0) is 44.8 Å². The van der Waals surface area contributed by atoms with Crippen molar-refractivity contribution < 1.29 is 23.5 Å². The highest BCUT2D eigenvalue weighted by molar-refractivity contribution is 6.00. The first-order chi connectivity index (χ1) is 17.9. The van der Waals surface area contributed by atoms with Gasteiger partial charge in [-0.3, -0.25) is 4.79 Å². The van der Waals surface area contributed by atoms with Crippen LogP contribution in [0, 0.1) is 18.7 Å². The molecule has 0 N–H and O–H groups in total. The fourth-order valence-electron chi connectivity index (χ4n) is 3.55. The van der Waals surface area contributed by atoms with Gasteiger partial charge in [0, 0.05) is 42.5 Å². The van der Waals surface area contributed by atoms with Crippen LogP contribution < -0.4 is 4.74 Å². The van der Waals surface area contributed by atoms with Gasteiger partial charge in [-0.2, -0.15) is 0 Å². The molecule has 0 radical (unpaired) electrons. The molecule has 31 heavy (non-hydrogen) atoms. The largest absolute Gasteiger partial charge is 0.477 e. The van der Waals surface area contributed by atoms with Gasteiger partial charge >= 0.3 is 0 Å². The number of nitrogens with zero attached hydrogens (tertiary/aromatic N) is 4. The number of hydrogen-bond acceptors (Lipinski definition) is 5. The molecule has 4 rings (SSSR count). The minimum absolute atomic E-state index is 0.0481. The number of aromatic nitrogens is 3. The number of piperidine rings is 1. The summed E-state index contributed by atoms with van der Waals surface area (Å²) < 4.78 is 74.5. The lowest BCUT2D eigenvalue weighted by Gasteiger charge is -2.38. The first kappa shape index (κ1) is 13.9. The standard InChI is InChI=1S/C24H25FN4O2/c1-16-4-8-20(23-26-10-3-11-27-23)21(12-16)24(30)29-14-18(6-5-17(29)2)15-31-22-9-7-19(25)13-28-22/h3-4,7-13,17-18H,5-6,14-15H2,1-2H3/t17-,18-/m1/s1/i3T,4T,7T,8T,10T,11T,13T. The van der Waals surface area contributed by atoms with Crippen LogP contribution in [0.15, 0.2) is 54.8 Å². The number of hydrogen-bond donors (Lipinski definition) is 0. The number of likely N-dealkylation sites (tertiary alicyclic amines) is 1. The summed E-state index contributed by atoms with van der Waals surface area (Å²) in [6.07, 6.45) is -0.363. The normalized spacial score (nSPS) is 21.8. The molecule has 1 aromatic carbocycles. The lowest BCUT2D eigenvalue weighted by molar-refractivity contribution is 0.0503. The second kappa shape index (κ2) is 9.20. The number of pyridine rings is 1. The van der Waals surface area contributed by atoms with Crippen LogP contribution in [0.25, 0.3) is 11.4 Å². The number of halogens is 1. The number of carbonyl (C=O) groups excluding carboxylic acids is 1. The quantitative estimate of drug-likeness (QED) is 0.599. The molecule has 1 aliphatic heterocycles. The van der Waals surface area contributed by atoms with Crippen LogP contribution >= 0.6 is 0 Å². The molecular weight excluding hydrogens is 395 g/mol. The summed E-state index contributed by atoms with van der Waals surface area (Å²) in [5.41, 5.74) is 0.381. The molecule has 1 fully saturated rings. The van der Waals surface area contributed by atoms with Gasteiger partial charge in [-0.25, -0.2) is 19.3 Å². The second-order valence-electron chi connectivity index (χ2n) is 7.49. The second-order valence-corrected chi connectivity index (χ2v) is 7.49. The molecule has 160 valence electrons. The Labute approximate surface area is 191 Å². The van der Waals surface area contributed by atoms with E-state index in [9.17, 15) is 9.18 Å². The third-order valence-corrected chi connectivity index (χ3v) is 5.20. The van der Waals surface area contributed by atoms with Crippen LogP contribution in [-0.4, -0.2) is 45.0 Å². The van der Waals surface area contributed by atoms with Gasteiger partial charge in [0.05, 0.1) is 27.9 Å². The molecule has 0 spiro atoms. The Kier molecular flexibility index (Phi) is 4.11. The van der Waals surface area contributed by atoms with Crippen molar-refractivity contribution in [1.82, 2.24) is 19.9 Å². The van der Waals surface area contributed by atoms with E-state index < -0.39 is 42.3 Å². The van der Waals surface area contributed by atoms with E-state index in [-0.39, 0.29) is 60.0 Å². The first-order valence-corrected chi connectivity index (χ1v) is 9.89. The minimum atomic E-state index is -1.03. The molecule has 0 bridgehead atoms. The van der Waals surface area contributed by atoms with Gasteiger partial charge in [-0.15, -0.1) is 0 Å². The molecule has 3 aromatic rings. The van der Waals surface area contributed by atoms with E-state index in [0.717, 1.165) is 6.07 Å². The van der Waals surface area contributed by atoms with E-state index in [1.54, 1.807) is 11.8 Å². The van der Waals surface area contributed by atoms with Gasteiger partial charge in [0.15, 0.2) is 5.82 Å². The number of ether oxygens (including phenoxy) is 1. The summed E-state index contributed by atoms with van der Waals surface area (Å²) in [6.45, 7) is 3.88. The number of amides is 1. The van der Waals surface area contributed by atoms with Crippen molar-refractivity contribution in [1.29, 1.82) is 0 Å². The first-order valence-electron chi connectivity index (χ1n) is 13.4. The maximum absolute atomic E-state index is 13.9. The highest BCUT2D eigenvalue weighted by atomic mass is 19.1. The molecule has 1 saturated heterocycles. The summed E-state index contributed by atoms with van der Waals surface area (Å²) in [4.78, 5) is 27.0. The van der Waals surface area contributed by atoms with E-state index in [0.29, 0.717) is 18.4 Å². The van der Waals surface area contributed by atoms with Crippen molar-refractivity contribution in [3.63, 3.8) is 0 Å². The molecule has 0 unspecified atom stereocenters. The number of aryl methyl sites for hydroxylation is 1. The summed E-state index contributed by atoms with van der Waals surface area (Å²) in [7, 11) is 0. The van der Waals surface area contributed by atoms with E-state index in [2.05, 4.69) is 15.0 Å². The van der Waals surface area contributed by atoms with Gasteiger partial charge in [-0.1, -0.05) is 17.6 Å². The zero-order chi connectivity index (χ0) is 27.9. The van der Waals surface area contributed by atoms with Crippen LogP contribution in [-0.2, 0) is 0 Å². The summed E-state index contributed by atoms with van der Waals surface area (Å²) in [6, 6.07) is 0.977. The summed E-state index contributed by atoms with van der Waals surface area (Å²) in [5, 5.41) is 0. The monoisotopic (exact) mass is 434 g/mol. The molecule has 6 nitrogen and oxygen atoms in total. The average Bonchev–Trinajstić information content (AvgIpc) is 2.87. The third-order valence-electron chi connectivity index (χ3n) is 5.20. The zero-order valence-electron chi connectivity index (χ0n) is 24.1. The van der Waals surface area contributed by atoms with Crippen molar-refractivity contribution in [2.45, 2.75) is 32.7 Å². The topological polar surface area (TPSA) is 68.2 Å². The van der Waals surface area contributed by atoms with Crippen molar-refractivity contribution in [2.24, 2.45) is 5.92 Å². The SMILES string of the molecule is [3H]c1cc(OC[C@@H]2CC[C@@H](C)N(C(=O)c3cc(C)c([3H])c([3H])c3-c3nc([3H])c([3H])c([3H])n3)C2)nc([3H])c1F. The average molecular weight is 435 g/mol. The lowest BCUT2D eigenvalue weighted by atomic mass is 9.92. The Morgan fingerprint density at radius 3 is 2.84 bits per heavy atom. The molecule has 0 saturated carbocycles. The number of benzene rings is 1. The molecule has 3 heterocycles. The minimum Gasteiger partial charge on any atom is -0.477 e. The molecular formula is C24H25FN4O2. The summed E-state index contributed by atoms with van der Waals surface area (Å²) in [5.74, 6) is -1.89. The smallest absolute Gasteiger partial charge is 0.254 e. The van der Waals surface area contributed by atoms with Gasteiger partial charge < -0.3 is 9.64 Å². The van der Waals surface area contributed by atoms with Crippen LogP contribution in [0.5, 0.6) is 5.88 Å². The van der Waals surface area contributed by atoms with Crippen molar-refractivity contribution in [3.05, 3.63) is 71.8 Å². The van der Waals surface area contributed by atoms with Gasteiger partial charge in [0.25, 0.3) is 5.91 Å². The van der Waals surface area contributed by atoms with Crippen molar-refractivity contribution in [2.75, 3.05) is 13.2 Å². The van der Waals surface area contributed by atoms with E-state index >= 15 is 0 Å². The predicted octanol–water partition coefficient (Wildman–Crippen LogP) is 4.31. The summed E-state index contributed by atoms with van der Waals surface area (Å²) >= 11 is 0. The molecule has 1 amide bonds. The fourth-order valence-corrected chi connectivity index (χ4v) is 3.55. The lowest BCUT2D eigenvalue weighted by Crippen LogP contribution is -2.47. The molecule has 2 aromatic heterocycles. The third kappa shape index (κ3) is 4.87. The Hall–Kier alpha value is -3.35. The number of rotatable bonds is 5. The van der Waals surface area contributed by atoms with Crippen LogP contribution in [0.4, 0.5) is 4.39 Å². The fraction of sp³-hybridized carbons (Fsp3) is 0.333. The van der Waals surface area contributed by atoms with E-state index in [1.807, 2.05) is 6.92 Å². The van der Waals surface area contributed by atoms with Gasteiger partial charge in [0.2, 0.25) is 5.88 Å². The van der Waals surface area contributed by atoms with Crippen LogP contribution in [0.1, 0.15) is 45.3 Å². The highest BCUT2D eigenvalue weighted by Gasteiger charge is 2.31. The van der Waals surface area contributed by atoms with Crippen LogP contribution in [0.3, 0.4) is 0 Å². The maximum atomic E-state index is 13.9. The predicted molar refractivity (Wildman–Crippen MR) is 115 cm³/mol. The highest BCUT2D eigenvalue weighted by Crippen LogP contribution is 2.28. The zero-order valence-corrected chi connectivity index (χ0v) is 17.1. The van der Waals surface area contributed by atoms with E-state index in [4.69, 9.17) is 14.3 Å². The van der Waals surface area contributed by atoms with E-state index in [1.165, 1.54) is 6.07 Å². The van der Waals surface area contributed by atoms with Gasteiger partial charge in [0.1, 0.15) is 5.82 Å². The Morgan fingerprint density at radius 1 is 1.26 bits per heavy atom. The molecule has 2 atom stereocenters. The molecule has 7 heteroatoms. The molecule has 0 aliphatic carbocycles. The van der Waals surface area contributed by atoms with Crippen molar-refractivity contribution >= 4 is 5.91 Å².